The Balaban J connectivity index is 2.05. The van der Waals surface area contributed by atoms with Gasteiger partial charge in [0, 0.05) is 30.2 Å². The van der Waals surface area contributed by atoms with Crippen LogP contribution in [0.3, 0.4) is 0 Å². The van der Waals surface area contributed by atoms with Crippen molar-refractivity contribution in [3.63, 3.8) is 0 Å². The predicted octanol–water partition coefficient (Wildman–Crippen LogP) is 2.96. The normalized spacial score (nSPS) is 30.5. The zero-order valence-electron chi connectivity index (χ0n) is 12.4. The van der Waals surface area contributed by atoms with Crippen LogP contribution >= 0.6 is 23.8 Å². The van der Waals surface area contributed by atoms with E-state index in [1.54, 1.807) is 7.11 Å². The second-order valence-corrected chi connectivity index (χ2v) is 6.46. The Morgan fingerprint density at radius 1 is 1.52 bits per heavy atom. The van der Waals surface area contributed by atoms with Gasteiger partial charge >= 0.3 is 0 Å². The number of fused-ring (bicyclic) bond motifs is 4. The Hall–Kier alpha value is -1.04. The third-order valence-corrected chi connectivity index (χ3v) is 5.23. The number of ether oxygens (including phenoxy) is 2. The van der Waals surface area contributed by atoms with Crippen molar-refractivity contribution in [1.82, 2.24) is 10.2 Å². The number of rotatable bonds is 3. The van der Waals surface area contributed by atoms with E-state index in [1.165, 1.54) is 0 Å². The molecule has 1 fully saturated rings. The van der Waals surface area contributed by atoms with E-state index >= 15 is 0 Å². The maximum absolute atomic E-state index is 6.37. The lowest BCUT2D eigenvalue weighted by atomic mass is 9.81. The largest absolute Gasteiger partial charge is 0.467 e. The number of nitrogens with one attached hydrogen (secondary N) is 1. The fraction of sp³-hybridized carbons (Fsp3) is 0.533. The molecule has 2 aliphatic rings. The molecule has 2 aliphatic heterocycles. The Morgan fingerprint density at radius 2 is 2.29 bits per heavy atom. The summed E-state index contributed by atoms with van der Waals surface area (Å²) < 4.78 is 11.5. The molecule has 114 valence electrons. The minimum absolute atomic E-state index is 0.0683. The van der Waals surface area contributed by atoms with Crippen LogP contribution in [0.25, 0.3) is 0 Å². The number of methoxy groups -OCH3 is 1. The van der Waals surface area contributed by atoms with E-state index in [9.17, 15) is 0 Å². The second-order valence-electron chi connectivity index (χ2n) is 5.67. The fourth-order valence-electron chi connectivity index (χ4n) is 3.20. The van der Waals surface area contributed by atoms with Gasteiger partial charge in [-0.05, 0) is 31.3 Å². The van der Waals surface area contributed by atoms with Gasteiger partial charge in [-0.25, -0.2) is 0 Å². The molecule has 1 aromatic rings. The molecule has 2 heterocycles. The lowest BCUT2D eigenvalue weighted by molar-refractivity contribution is -0.114. The highest BCUT2D eigenvalue weighted by atomic mass is 35.5. The molecule has 21 heavy (non-hydrogen) atoms. The van der Waals surface area contributed by atoms with Crippen LogP contribution in [-0.4, -0.2) is 36.0 Å². The molecule has 4 nitrogen and oxygen atoms in total. The van der Waals surface area contributed by atoms with E-state index in [0.29, 0.717) is 23.3 Å². The lowest BCUT2D eigenvalue weighted by Gasteiger charge is -2.56. The Bertz CT molecular complexity index is 583. The molecule has 1 N–H and O–H groups in total. The first-order valence-electron chi connectivity index (χ1n) is 7.03. The van der Waals surface area contributed by atoms with Crippen molar-refractivity contribution in [3.8, 4) is 5.75 Å². The van der Waals surface area contributed by atoms with Gasteiger partial charge in [0.15, 0.2) is 10.8 Å². The van der Waals surface area contributed by atoms with Crippen LogP contribution in [0.2, 0.25) is 5.02 Å². The van der Waals surface area contributed by atoms with Crippen LogP contribution in [0, 0.1) is 5.92 Å². The van der Waals surface area contributed by atoms with Crippen molar-refractivity contribution in [3.05, 3.63) is 28.8 Å². The Labute approximate surface area is 135 Å². The van der Waals surface area contributed by atoms with E-state index in [4.69, 9.17) is 33.3 Å². The smallest absolute Gasteiger partial charge is 0.186 e. The Morgan fingerprint density at radius 3 is 3.00 bits per heavy atom. The van der Waals surface area contributed by atoms with Crippen LogP contribution in [0.4, 0.5) is 0 Å². The summed E-state index contributed by atoms with van der Waals surface area (Å²) >= 11 is 11.9. The maximum atomic E-state index is 6.37. The average Bonchev–Trinajstić information content (AvgIpc) is 2.42. The maximum Gasteiger partial charge on any atom is 0.186 e. The van der Waals surface area contributed by atoms with E-state index in [2.05, 4.69) is 24.1 Å². The highest BCUT2D eigenvalue weighted by Crippen LogP contribution is 2.49. The summed E-state index contributed by atoms with van der Waals surface area (Å²) in [6.07, 6.45) is 0. The van der Waals surface area contributed by atoms with Gasteiger partial charge in [-0.2, -0.15) is 0 Å². The molecule has 3 rings (SSSR count). The molecule has 6 heteroatoms. The number of nitrogens with zero attached hydrogens (tertiary/aromatic N) is 1. The molecule has 3 unspecified atom stereocenters. The molecule has 0 amide bonds. The molecule has 0 saturated carbocycles. The van der Waals surface area contributed by atoms with Crippen molar-refractivity contribution >= 4 is 28.9 Å². The molecule has 0 spiro atoms. The number of halogens is 1. The number of benzene rings is 1. The topological polar surface area (TPSA) is 33.7 Å². The summed E-state index contributed by atoms with van der Waals surface area (Å²) in [4.78, 5) is 2.07. The van der Waals surface area contributed by atoms with E-state index in [1.807, 2.05) is 18.2 Å². The first-order valence-corrected chi connectivity index (χ1v) is 7.82. The van der Waals surface area contributed by atoms with Crippen LogP contribution in [-0.2, 0) is 4.74 Å². The van der Waals surface area contributed by atoms with Crippen molar-refractivity contribution < 1.29 is 9.47 Å². The number of hydrogen-bond donors (Lipinski definition) is 1. The zero-order chi connectivity index (χ0) is 15.2. The van der Waals surface area contributed by atoms with Gasteiger partial charge in [-0.15, -0.1) is 0 Å². The van der Waals surface area contributed by atoms with E-state index in [0.717, 1.165) is 11.3 Å². The third-order valence-electron chi connectivity index (χ3n) is 4.56. The monoisotopic (exact) mass is 326 g/mol. The highest BCUT2D eigenvalue weighted by molar-refractivity contribution is 7.80. The van der Waals surface area contributed by atoms with Gasteiger partial charge < -0.3 is 19.7 Å². The summed E-state index contributed by atoms with van der Waals surface area (Å²) in [7, 11) is 1.69. The van der Waals surface area contributed by atoms with Gasteiger partial charge in [-0.1, -0.05) is 24.6 Å². The van der Waals surface area contributed by atoms with Crippen LogP contribution in [0.1, 0.15) is 25.5 Å². The number of hydrogen-bond acceptors (Lipinski definition) is 3. The van der Waals surface area contributed by atoms with Gasteiger partial charge in [0.1, 0.15) is 5.75 Å². The van der Waals surface area contributed by atoms with Gasteiger partial charge in [0.05, 0.1) is 12.6 Å². The molecular formula is C15H19ClN2O2S. The van der Waals surface area contributed by atoms with Gasteiger partial charge in [-0.3, -0.25) is 0 Å². The third kappa shape index (κ3) is 2.18. The van der Waals surface area contributed by atoms with Gasteiger partial charge in [0.2, 0.25) is 0 Å². The summed E-state index contributed by atoms with van der Waals surface area (Å²) in [5.41, 5.74) is 0.501. The molecule has 0 radical (unpaired) electrons. The van der Waals surface area contributed by atoms with Crippen LogP contribution in [0.5, 0.6) is 5.75 Å². The number of thiocarbonyl (C=S) groups is 1. The quantitative estimate of drug-likeness (QED) is 0.864. The fourth-order valence-corrected chi connectivity index (χ4v) is 3.88. The van der Waals surface area contributed by atoms with Crippen LogP contribution < -0.4 is 10.1 Å². The SMILES string of the molecule is COCCN1C(=S)NC2c3c(Cl)cccc3OC1(C)C2C. The van der Waals surface area contributed by atoms with Crippen molar-refractivity contribution in [1.29, 1.82) is 0 Å². The minimum Gasteiger partial charge on any atom is -0.467 e. The summed E-state index contributed by atoms with van der Waals surface area (Å²) in [6, 6.07) is 5.83. The molecule has 2 bridgehead atoms. The van der Waals surface area contributed by atoms with E-state index < -0.39 is 5.72 Å². The van der Waals surface area contributed by atoms with Gasteiger partial charge in [0.25, 0.3) is 0 Å². The highest BCUT2D eigenvalue weighted by Gasteiger charge is 2.53. The van der Waals surface area contributed by atoms with Crippen molar-refractivity contribution in [2.24, 2.45) is 5.92 Å². The van der Waals surface area contributed by atoms with Crippen molar-refractivity contribution in [2.45, 2.75) is 25.6 Å². The molecule has 0 aliphatic carbocycles. The molecule has 3 atom stereocenters. The summed E-state index contributed by atoms with van der Waals surface area (Å²) in [5, 5.41) is 4.81. The molecule has 1 saturated heterocycles. The molecule has 0 aromatic heterocycles. The molecule has 1 aromatic carbocycles. The lowest BCUT2D eigenvalue weighted by Crippen LogP contribution is -2.69. The first kappa shape index (κ1) is 14.9. The van der Waals surface area contributed by atoms with E-state index in [-0.39, 0.29) is 12.0 Å². The first-order chi connectivity index (χ1) is 9.99. The summed E-state index contributed by atoms with van der Waals surface area (Å²) in [5.74, 6) is 1.03. The standard InChI is InChI=1S/C15H19ClN2O2S/c1-9-13-12-10(16)5-4-6-11(12)20-15(9,2)18(7-8-19-3)14(21)17-13/h4-6,9,13H,7-8H2,1-3H3,(H,17,21). The zero-order valence-corrected chi connectivity index (χ0v) is 13.9. The summed E-state index contributed by atoms with van der Waals surface area (Å²) in [6.45, 7) is 5.52. The Kier molecular flexibility index (Phi) is 3.76. The van der Waals surface area contributed by atoms with Crippen molar-refractivity contribution in [2.75, 3.05) is 20.3 Å². The second kappa shape index (κ2) is 5.30. The predicted molar refractivity (Wildman–Crippen MR) is 86.7 cm³/mol. The minimum atomic E-state index is -0.497. The average molecular weight is 327 g/mol. The van der Waals surface area contributed by atoms with Crippen LogP contribution in [0.15, 0.2) is 18.2 Å². The molecular weight excluding hydrogens is 308 g/mol.